The summed E-state index contributed by atoms with van der Waals surface area (Å²) in [6.07, 6.45) is -5.63. The van der Waals surface area contributed by atoms with E-state index < -0.39 is 18.5 Å². The summed E-state index contributed by atoms with van der Waals surface area (Å²) in [6.45, 7) is 0.716. The molecule has 146 valence electrons. The minimum absolute atomic E-state index is 0.0288. The molecule has 0 spiro atoms. The summed E-state index contributed by atoms with van der Waals surface area (Å²) in [6, 6.07) is 8.10. The highest BCUT2D eigenvalue weighted by Crippen LogP contribution is 2.32. The van der Waals surface area contributed by atoms with Crippen LogP contribution in [0.1, 0.15) is 33.6 Å². The van der Waals surface area contributed by atoms with Gasteiger partial charge in [-0.25, -0.2) is 0 Å². The van der Waals surface area contributed by atoms with E-state index in [1.54, 1.807) is 17.0 Å². The zero-order valence-electron chi connectivity index (χ0n) is 14.5. The molecule has 28 heavy (non-hydrogen) atoms. The van der Waals surface area contributed by atoms with Gasteiger partial charge in [0.05, 0.1) is 16.8 Å². The van der Waals surface area contributed by atoms with E-state index in [0.717, 1.165) is 11.1 Å². The predicted octanol–water partition coefficient (Wildman–Crippen LogP) is 4.57. The molecule has 3 aromatic rings. The number of amides is 1. The number of aromatic nitrogens is 2. The Hall–Kier alpha value is -2.74. The zero-order chi connectivity index (χ0) is 20.1. The molecule has 0 bridgehead atoms. The Morgan fingerprint density at radius 3 is 2.71 bits per heavy atom. The number of aromatic hydroxyl groups is 1. The molecule has 0 fully saturated rings. The van der Waals surface area contributed by atoms with Crippen LogP contribution in [0.5, 0.6) is 5.75 Å². The number of halogens is 4. The van der Waals surface area contributed by atoms with Gasteiger partial charge in [-0.1, -0.05) is 17.7 Å². The molecule has 1 amide bonds. The van der Waals surface area contributed by atoms with Crippen LogP contribution in [0, 0.1) is 0 Å². The number of nitrogens with zero attached hydrogens (tertiary/aromatic N) is 2. The van der Waals surface area contributed by atoms with Crippen LogP contribution in [-0.2, 0) is 19.5 Å². The van der Waals surface area contributed by atoms with Gasteiger partial charge in [0.15, 0.2) is 0 Å². The minimum atomic E-state index is -4.30. The number of hydrogen-bond acceptors (Lipinski definition) is 3. The Morgan fingerprint density at radius 1 is 1.21 bits per heavy atom. The lowest BCUT2D eigenvalue weighted by molar-refractivity contribution is -0.134. The van der Waals surface area contributed by atoms with Crippen molar-refractivity contribution in [3.05, 3.63) is 57.7 Å². The smallest absolute Gasteiger partial charge is 0.389 e. The number of carbonyl (C=O) groups is 1. The molecule has 2 aromatic carbocycles. The Kier molecular flexibility index (Phi) is 4.45. The number of H-pyrrole nitrogens is 1. The van der Waals surface area contributed by atoms with Crippen LogP contribution in [0.2, 0.25) is 5.02 Å². The summed E-state index contributed by atoms with van der Waals surface area (Å²) in [5.41, 5.74) is 2.50. The lowest BCUT2D eigenvalue weighted by Gasteiger charge is -2.16. The Morgan fingerprint density at radius 2 is 1.96 bits per heavy atom. The number of hydrogen-bond donors (Lipinski definition) is 2. The quantitative estimate of drug-likeness (QED) is 0.665. The second-order valence-electron chi connectivity index (χ2n) is 6.77. The van der Waals surface area contributed by atoms with Gasteiger partial charge in [-0.15, -0.1) is 0 Å². The van der Waals surface area contributed by atoms with Crippen molar-refractivity contribution in [2.75, 3.05) is 0 Å². The third-order valence-corrected chi connectivity index (χ3v) is 5.05. The number of benzene rings is 2. The van der Waals surface area contributed by atoms with Crippen molar-refractivity contribution in [2.45, 2.75) is 32.1 Å². The summed E-state index contributed by atoms with van der Waals surface area (Å²) in [5, 5.41) is 17.7. The van der Waals surface area contributed by atoms with Crippen LogP contribution < -0.4 is 0 Å². The average molecular weight is 410 g/mol. The number of phenolic OH excluding ortho intramolecular Hbond substituents is 1. The number of carbonyl (C=O) groups excluding carboxylic acids is 1. The van der Waals surface area contributed by atoms with Gasteiger partial charge in [0.2, 0.25) is 0 Å². The molecular formula is C19H15ClF3N3O2. The van der Waals surface area contributed by atoms with E-state index >= 15 is 0 Å². The molecule has 0 radical (unpaired) electrons. The molecule has 0 saturated heterocycles. The lowest BCUT2D eigenvalue weighted by atomic mass is 10.1. The van der Waals surface area contributed by atoms with Crippen molar-refractivity contribution in [3.8, 4) is 5.75 Å². The van der Waals surface area contributed by atoms with Crippen LogP contribution in [0.4, 0.5) is 13.2 Å². The number of rotatable bonds is 3. The maximum Gasteiger partial charge on any atom is 0.389 e. The lowest BCUT2D eigenvalue weighted by Crippen LogP contribution is -2.25. The zero-order valence-corrected chi connectivity index (χ0v) is 15.2. The Bertz CT molecular complexity index is 1080. The molecular weight excluding hydrogens is 395 g/mol. The number of aryl methyl sites for hydroxylation is 1. The van der Waals surface area contributed by atoms with Gasteiger partial charge in [0.25, 0.3) is 5.91 Å². The third kappa shape index (κ3) is 3.52. The van der Waals surface area contributed by atoms with Gasteiger partial charge in [0.1, 0.15) is 5.75 Å². The van der Waals surface area contributed by atoms with Crippen molar-refractivity contribution < 1.29 is 23.1 Å². The summed E-state index contributed by atoms with van der Waals surface area (Å²) in [4.78, 5) is 14.5. The number of phenols is 1. The monoisotopic (exact) mass is 409 g/mol. The van der Waals surface area contributed by atoms with Gasteiger partial charge in [-0.2, -0.15) is 18.3 Å². The fraction of sp³-hybridized carbons (Fsp3) is 0.263. The number of aromatic amines is 1. The van der Waals surface area contributed by atoms with Crippen molar-refractivity contribution in [1.29, 1.82) is 0 Å². The number of fused-ring (bicyclic) bond motifs is 2. The van der Waals surface area contributed by atoms with Crippen LogP contribution in [0.25, 0.3) is 10.9 Å². The van der Waals surface area contributed by atoms with E-state index in [9.17, 15) is 23.1 Å². The second-order valence-corrected chi connectivity index (χ2v) is 7.21. The van der Waals surface area contributed by atoms with Crippen molar-refractivity contribution >= 4 is 28.4 Å². The van der Waals surface area contributed by atoms with Gasteiger partial charge in [0, 0.05) is 42.4 Å². The summed E-state index contributed by atoms with van der Waals surface area (Å²) in [7, 11) is 0. The van der Waals surface area contributed by atoms with Crippen molar-refractivity contribution in [3.63, 3.8) is 0 Å². The van der Waals surface area contributed by atoms with Gasteiger partial charge in [-0.3, -0.25) is 9.89 Å². The minimum Gasteiger partial charge on any atom is -0.507 e. The average Bonchev–Trinajstić information content (AvgIpc) is 3.21. The summed E-state index contributed by atoms with van der Waals surface area (Å²) < 4.78 is 37.6. The largest absolute Gasteiger partial charge is 0.507 e. The van der Waals surface area contributed by atoms with E-state index in [-0.39, 0.29) is 23.4 Å². The fourth-order valence-electron chi connectivity index (χ4n) is 3.41. The molecule has 1 aromatic heterocycles. The normalized spacial score (nSPS) is 13.9. The predicted molar refractivity (Wildman–Crippen MR) is 97.2 cm³/mol. The first kappa shape index (κ1) is 18.6. The Balaban J connectivity index is 1.63. The molecule has 4 rings (SSSR count). The number of alkyl halides is 3. The van der Waals surface area contributed by atoms with Gasteiger partial charge < -0.3 is 10.0 Å². The first-order valence-electron chi connectivity index (χ1n) is 8.54. The maximum absolute atomic E-state index is 12.9. The van der Waals surface area contributed by atoms with E-state index in [1.807, 2.05) is 6.07 Å². The van der Waals surface area contributed by atoms with Gasteiger partial charge >= 0.3 is 6.18 Å². The SMILES string of the molecule is O=C(c1cc2c(CCC(F)(F)F)n[nH]c2cc1O)N1Cc2ccc(Cl)cc2C1. The van der Waals surface area contributed by atoms with E-state index in [4.69, 9.17) is 11.6 Å². The van der Waals surface area contributed by atoms with Crippen molar-refractivity contribution in [2.24, 2.45) is 0 Å². The van der Waals surface area contributed by atoms with E-state index in [0.29, 0.717) is 29.0 Å². The van der Waals surface area contributed by atoms with Crippen LogP contribution in [0.15, 0.2) is 30.3 Å². The standard InChI is InChI=1S/C19H15ClF3N3O2/c20-12-2-1-10-8-26(9-11(10)5-12)18(28)14-6-13-15(3-4-19(21,22)23)24-25-16(13)7-17(14)27/h1-2,5-7,27H,3-4,8-9H2,(H,24,25). The second kappa shape index (κ2) is 6.70. The van der Waals surface area contributed by atoms with Crippen LogP contribution >= 0.6 is 11.6 Å². The van der Waals surface area contributed by atoms with E-state index in [2.05, 4.69) is 10.2 Å². The van der Waals surface area contributed by atoms with Crippen LogP contribution in [-0.4, -0.2) is 32.3 Å². The maximum atomic E-state index is 12.9. The molecule has 1 aliphatic rings. The molecule has 9 heteroatoms. The first-order valence-corrected chi connectivity index (χ1v) is 8.92. The summed E-state index contributed by atoms with van der Waals surface area (Å²) in [5.74, 6) is -0.660. The molecule has 0 atom stereocenters. The van der Waals surface area contributed by atoms with Gasteiger partial charge in [-0.05, 0) is 29.3 Å². The summed E-state index contributed by atoms with van der Waals surface area (Å²) >= 11 is 5.99. The van der Waals surface area contributed by atoms with E-state index in [1.165, 1.54) is 12.1 Å². The molecule has 0 unspecified atom stereocenters. The molecule has 0 saturated carbocycles. The number of nitrogens with one attached hydrogen (secondary N) is 1. The molecule has 5 nitrogen and oxygen atoms in total. The highest BCUT2D eigenvalue weighted by Gasteiger charge is 2.29. The third-order valence-electron chi connectivity index (χ3n) is 4.81. The fourth-order valence-corrected chi connectivity index (χ4v) is 3.60. The molecule has 0 aliphatic carbocycles. The molecule has 1 aliphatic heterocycles. The Labute approximate surface area is 162 Å². The topological polar surface area (TPSA) is 69.2 Å². The highest BCUT2D eigenvalue weighted by atomic mass is 35.5. The first-order chi connectivity index (χ1) is 13.2. The highest BCUT2D eigenvalue weighted by molar-refractivity contribution is 6.30. The molecule has 2 heterocycles. The molecule has 2 N–H and O–H groups in total. The van der Waals surface area contributed by atoms with Crippen LogP contribution in [0.3, 0.4) is 0 Å². The van der Waals surface area contributed by atoms with Crippen molar-refractivity contribution in [1.82, 2.24) is 15.1 Å².